The Morgan fingerprint density at radius 1 is 1.36 bits per heavy atom. The minimum atomic E-state index is -0.414. The van der Waals surface area contributed by atoms with Gasteiger partial charge in [0.25, 0.3) is 0 Å². The van der Waals surface area contributed by atoms with Crippen molar-refractivity contribution >= 4 is 23.4 Å². The van der Waals surface area contributed by atoms with E-state index in [1.807, 2.05) is 13.0 Å². The van der Waals surface area contributed by atoms with E-state index in [9.17, 15) is 4.79 Å². The van der Waals surface area contributed by atoms with Gasteiger partial charge in [-0.05, 0) is 25.5 Å². The number of benzene rings is 1. The quantitative estimate of drug-likeness (QED) is 0.793. The number of nitrogens with zero attached hydrogens (tertiary/aromatic N) is 3. The Morgan fingerprint density at radius 3 is 2.86 bits per heavy atom. The highest BCUT2D eigenvalue weighted by Crippen LogP contribution is 2.20. The molecule has 0 aliphatic rings. The minimum absolute atomic E-state index is 0.249. The normalized spacial score (nSPS) is 11.6. The van der Waals surface area contributed by atoms with Crippen LogP contribution in [0.3, 0.4) is 0 Å². The van der Waals surface area contributed by atoms with Crippen molar-refractivity contribution in [3.8, 4) is 0 Å². The molecule has 22 heavy (non-hydrogen) atoms. The maximum absolute atomic E-state index is 11.8. The number of aromatic nitrogens is 3. The highest BCUT2D eigenvalue weighted by Gasteiger charge is 2.12. The number of nitrogens with one attached hydrogen (secondary N) is 2. The number of anilines is 3. The van der Waals surface area contributed by atoms with Crippen molar-refractivity contribution in [1.82, 2.24) is 15.2 Å². The van der Waals surface area contributed by atoms with Gasteiger partial charge in [-0.3, -0.25) is 0 Å². The second kappa shape index (κ2) is 7.35. The third-order valence-corrected chi connectivity index (χ3v) is 3.14. The van der Waals surface area contributed by atoms with Crippen molar-refractivity contribution in [2.45, 2.75) is 26.3 Å². The molecule has 0 bridgehead atoms. The summed E-state index contributed by atoms with van der Waals surface area (Å²) in [6, 6.07) is 7.30. The Morgan fingerprint density at radius 2 is 2.14 bits per heavy atom. The van der Waals surface area contributed by atoms with E-state index in [0.717, 1.165) is 6.42 Å². The molecule has 0 radical (unpaired) electrons. The molecule has 2 aromatic rings. The van der Waals surface area contributed by atoms with Gasteiger partial charge < -0.3 is 15.4 Å². The molecule has 0 spiro atoms. The number of hydrogen-bond donors (Lipinski definition) is 2. The highest BCUT2D eigenvalue weighted by molar-refractivity contribution is 5.96. The first-order valence-electron chi connectivity index (χ1n) is 7.04. The van der Waals surface area contributed by atoms with Crippen LogP contribution in [0.2, 0.25) is 0 Å². The molecule has 116 valence electrons. The number of carbonyl (C=O) groups excluding carboxylic acids is 1. The van der Waals surface area contributed by atoms with Crippen LogP contribution < -0.4 is 10.6 Å². The Labute approximate surface area is 129 Å². The molecule has 0 aliphatic carbocycles. The molecule has 0 saturated carbocycles. The number of ether oxygens (including phenoxy) is 1. The van der Waals surface area contributed by atoms with Gasteiger partial charge in [-0.2, -0.15) is 10.1 Å². The van der Waals surface area contributed by atoms with Crippen molar-refractivity contribution in [3.63, 3.8) is 0 Å². The lowest BCUT2D eigenvalue weighted by atomic mass is 10.2. The number of para-hydroxylation sites is 1. The maximum atomic E-state index is 11.8. The summed E-state index contributed by atoms with van der Waals surface area (Å²) in [6.45, 7) is 4.11. The standard InChI is InChI=1S/C15H19N5O2/c1-4-10(2)17-15-19-13(9-16-20-15)18-12-8-6-5-7-11(12)14(21)22-3/h5-10H,4H2,1-3H3,(H2,17,18,19,20). The monoisotopic (exact) mass is 301 g/mol. The summed E-state index contributed by atoms with van der Waals surface area (Å²) >= 11 is 0. The second-order valence-corrected chi connectivity index (χ2v) is 4.78. The van der Waals surface area contributed by atoms with Crippen molar-refractivity contribution in [2.75, 3.05) is 17.7 Å². The third-order valence-electron chi connectivity index (χ3n) is 3.14. The minimum Gasteiger partial charge on any atom is -0.465 e. The van der Waals surface area contributed by atoms with E-state index in [-0.39, 0.29) is 6.04 Å². The summed E-state index contributed by atoms with van der Waals surface area (Å²) in [7, 11) is 1.35. The van der Waals surface area contributed by atoms with Gasteiger partial charge in [-0.1, -0.05) is 19.1 Å². The average Bonchev–Trinajstić information content (AvgIpc) is 2.55. The topological polar surface area (TPSA) is 89.0 Å². The Bertz CT molecular complexity index is 647. The molecule has 0 fully saturated rings. The molecule has 7 heteroatoms. The van der Waals surface area contributed by atoms with Gasteiger partial charge in [0, 0.05) is 6.04 Å². The predicted octanol–water partition coefficient (Wildman–Crippen LogP) is 2.61. The summed E-state index contributed by atoms with van der Waals surface area (Å²) in [5.74, 6) is 0.523. The van der Waals surface area contributed by atoms with E-state index >= 15 is 0 Å². The molecule has 1 heterocycles. The Hall–Kier alpha value is -2.70. The zero-order chi connectivity index (χ0) is 15.9. The van der Waals surface area contributed by atoms with Gasteiger partial charge >= 0.3 is 5.97 Å². The number of rotatable bonds is 6. The third kappa shape index (κ3) is 3.91. The van der Waals surface area contributed by atoms with Gasteiger partial charge in [-0.15, -0.1) is 5.10 Å². The molecule has 0 saturated heterocycles. The lowest BCUT2D eigenvalue weighted by Gasteiger charge is -2.12. The van der Waals surface area contributed by atoms with Crippen molar-refractivity contribution in [2.24, 2.45) is 0 Å². The smallest absolute Gasteiger partial charge is 0.339 e. The second-order valence-electron chi connectivity index (χ2n) is 4.78. The summed E-state index contributed by atoms with van der Waals surface area (Å²) in [6.07, 6.45) is 2.45. The van der Waals surface area contributed by atoms with Crippen LogP contribution in [0, 0.1) is 0 Å². The lowest BCUT2D eigenvalue weighted by Crippen LogP contribution is -2.16. The lowest BCUT2D eigenvalue weighted by molar-refractivity contribution is 0.0602. The molecule has 1 atom stereocenters. The van der Waals surface area contributed by atoms with Crippen LogP contribution in [0.15, 0.2) is 30.5 Å². The molecule has 0 aliphatic heterocycles. The summed E-state index contributed by atoms with van der Waals surface area (Å²) in [5.41, 5.74) is 1.03. The van der Waals surface area contributed by atoms with Crippen molar-refractivity contribution in [3.05, 3.63) is 36.0 Å². The Kier molecular flexibility index (Phi) is 5.24. The number of hydrogen-bond acceptors (Lipinski definition) is 7. The van der Waals surface area contributed by atoms with E-state index in [2.05, 4.69) is 32.7 Å². The molecule has 2 N–H and O–H groups in total. The number of esters is 1. The van der Waals surface area contributed by atoms with Gasteiger partial charge in [-0.25, -0.2) is 4.79 Å². The number of methoxy groups -OCH3 is 1. The fourth-order valence-corrected chi connectivity index (χ4v) is 1.77. The van der Waals surface area contributed by atoms with Crippen LogP contribution in [-0.4, -0.2) is 34.3 Å². The van der Waals surface area contributed by atoms with E-state index in [1.165, 1.54) is 13.3 Å². The summed E-state index contributed by atoms with van der Waals surface area (Å²) in [4.78, 5) is 16.1. The van der Waals surface area contributed by atoms with Crippen LogP contribution in [0.4, 0.5) is 17.5 Å². The maximum Gasteiger partial charge on any atom is 0.339 e. The Balaban J connectivity index is 2.21. The molecular formula is C15H19N5O2. The van der Waals surface area contributed by atoms with E-state index < -0.39 is 5.97 Å². The van der Waals surface area contributed by atoms with Gasteiger partial charge in [0.05, 0.1) is 24.6 Å². The van der Waals surface area contributed by atoms with Crippen molar-refractivity contribution < 1.29 is 9.53 Å². The van der Waals surface area contributed by atoms with Crippen LogP contribution >= 0.6 is 0 Å². The zero-order valence-corrected chi connectivity index (χ0v) is 12.8. The van der Waals surface area contributed by atoms with Crippen LogP contribution in [0.1, 0.15) is 30.6 Å². The molecule has 1 unspecified atom stereocenters. The van der Waals surface area contributed by atoms with E-state index in [4.69, 9.17) is 4.74 Å². The predicted molar refractivity (Wildman–Crippen MR) is 84.3 cm³/mol. The highest BCUT2D eigenvalue weighted by atomic mass is 16.5. The average molecular weight is 301 g/mol. The van der Waals surface area contributed by atoms with Crippen LogP contribution in [0.25, 0.3) is 0 Å². The van der Waals surface area contributed by atoms with E-state index in [1.54, 1.807) is 18.2 Å². The van der Waals surface area contributed by atoms with Crippen molar-refractivity contribution in [1.29, 1.82) is 0 Å². The van der Waals surface area contributed by atoms with Gasteiger partial charge in [0.15, 0.2) is 5.82 Å². The van der Waals surface area contributed by atoms with Crippen LogP contribution in [0.5, 0.6) is 0 Å². The zero-order valence-electron chi connectivity index (χ0n) is 12.8. The first kappa shape index (κ1) is 15.7. The van der Waals surface area contributed by atoms with Gasteiger partial charge in [0.1, 0.15) is 0 Å². The fraction of sp³-hybridized carbons (Fsp3) is 0.333. The summed E-state index contributed by atoms with van der Waals surface area (Å²) in [5, 5.41) is 14.1. The SMILES string of the molecule is CCC(C)Nc1nncc(Nc2ccccc2C(=O)OC)n1. The molecule has 1 aromatic carbocycles. The summed E-state index contributed by atoms with van der Waals surface area (Å²) < 4.78 is 4.77. The first-order chi connectivity index (χ1) is 10.6. The first-order valence-corrected chi connectivity index (χ1v) is 7.04. The largest absolute Gasteiger partial charge is 0.465 e. The van der Waals surface area contributed by atoms with Crippen LogP contribution in [-0.2, 0) is 4.74 Å². The molecule has 7 nitrogen and oxygen atoms in total. The van der Waals surface area contributed by atoms with Gasteiger partial charge in [0.2, 0.25) is 5.95 Å². The molecular weight excluding hydrogens is 282 g/mol. The molecule has 2 rings (SSSR count). The number of carbonyl (C=O) groups is 1. The molecule has 0 amide bonds. The van der Waals surface area contributed by atoms with E-state index in [0.29, 0.717) is 23.0 Å². The molecule has 1 aromatic heterocycles. The fourth-order valence-electron chi connectivity index (χ4n) is 1.77.